The highest BCUT2D eigenvalue weighted by Gasteiger charge is 2.23. The fourth-order valence-electron chi connectivity index (χ4n) is 1.93. The number of hydrogen-bond acceptors (Lipinski definition) is 5. The van der Waals surface area contributed by atoms with E-state index in [4.69, 9.17) is 15.0 Å². The number of aromatic nitrogens is 1. The van der Waals surface area contributed by atoms with Gasteiger partial charge in [0.15, 0.2) is 11.5 Å². The third-order valence-corrected chi connectivity index (χ3v) is 2.81. The zero-order chi connectivity index (χ0) is 13.4. The van der Waals surface area contributed by atoms with E-state index in [9.17, 15) is 9.50 Å². The first-order chi connectivity index (χ1) is 8.47. The molecule has 0 saturated heterocycles. The number of nitrogen functional groups attached to an aromatic ring is 1. The first-order valence-corrected chi connectivity index (χ1v) is 5.25. The van der Waals surface area contributed by atoms with Gasteiger partial charge in [0.05, 0.1) is 12.7 Å². The van der Waals surface area contributed by atoms with Gasteiger partial charge in [0.1, 0.15) is 11.5 Å². The average Bonchev–Trinajstić information content (AvgIpc) is 2.74. The maximum Gasteiger partial charge on any atom is 0.222 e. The first kappa shape index (κ1) is 12.2. The monoisotopic (exact) mass is 252 g/mol. The summed E-state index contributed by atoms with van der Waals surface area (Å²) in [6.45, 7) is 3.07. The van der Waals surface area contributed by atoms with Gasteiger partial charge < -0.3 is 20.1 Å². The molecule has 0 saturated carbocycles. The molecule has 0 amide bonds. The van der Waals surface area contributed by atoms with Crippen molar-refractivity contribution < 1.29 is 18.8 Å². The molecule has 1 heterocycles. The third-order valence-electron chi connectivity index (χ3n) is 2.81. The van der Waals surface area contributed by atoms with Crippen LogP contribution in [0.25, 0.3) is 11.3 Å². The van der Waals surface area contributed by atoms with Crippen molar-refractivity contribution in [3.05, 3.63) is 23.0 Å². The Morgan fingerprint density at radius 2 is 2.06 bits per heavy atom. The highest BCUT2D eigenvalue weighted by molar-refractivity contribution is 5.76. The molecule has 0 radical (unpaired) electrons. The van der Waals surface area contributed by atoms with Crippen LogP contribution >= 0.6 is 0 Å². The maximum absolute atomic E-state index is 14.0. The zero-order valence-corrected chi connectivity index (χ0v) is 10.2. The summed E-state index contributed by atoms with van der Waals surface area (Å²) in [5, 5.41) is 13.8. The number of nitrogens with zero attached hydrogens (tertiary/aromatic N) is 1. The lowest BCUT2D eigenvalue weighted by atomic mass is 9.99. The van der Waals surface area contributed by atoms with Crippen molar-refractivity contribution in [1.82, 2.24) is 5.16 Å². The summed E-state index contributed by atoms with van der Waals surface area (Å²) in [6, 6.07) is 1.41. The van der Waals surface area contributed by atoms with Gasteiger partial charge in [0.2, 0.25) is 5.88 Å². The Hall–Kier alpha value is -2.24. The Morgan fingerprint density at radius 1 is 1.39 bits per heavy atom. The molecule has 96 valence electrons. The van der Waals surface area contributed by atoms with Gasteiger partial charge >= 0.3 is 0 Å². The fourth-order valence-corrected chi connectivity index (χ4v) is 1.93. The summed E-state index contributed by atoms with van der Waals surface area (Å²) in [5.41, 5.74) is 6.41. The normalized spacial score (nSPS) is 10.7. The highest BCUT2D eigenvalue weighted by atomic mass is 19.1. The number of hydrogen-bond donors (Lipinski definition) is 2. The molecule has 0 aliphatic heterocycles. The van der Waals surface area contributed by atoms with E-state index in [0.29, 0.717) is 0 Å². The van der Waals surface area contributed by atoms with E-state index in [-0.39, 0.29) is 39.8 Å². The van der Waals surface area contributed by atoms with Crippen LogP contribution in [0.5, 0.6) is 11.5 Å². The number of phenols is 1. The molecule has 5 nitrogen and oxygen atoms in total. The summed E-state index contributed by atoms with van der Waals surface area (Å²) in [6.07, 6.45) is 0. The van der Waals surface area contributed by atoms with Crippen molar-refractivity contribution >= 4 is 5.88 Å². The number of anilines is 1. The van der Waals surface area contributed by atoms with Gasteiger partial charge in [-0.1, -0.05) is 5.16 Å². The SMILES string of the molecule is COc1c(C)c(F)c(C)c(-c2cc(N)on2)c1O. The minimum atomic E-state index is -0.457. The van der Waals surface area contributed by atoms with Crippen molar-refractivity contribution in [3.8, 4) is 22.8 Å². The van der Waals surface area contributed by atoms with Crippen LogP contribution in [0.3, 0.4) is 0 Å². The Morgan fingerprint density at radius 3 is 2.56 bits per heavy atom. The minimum Gasteiger partial charge on any atom is -0.504 e. The number of phenolic OH excluding ortho intramolecular Hbond substituents is 1. The summed E-state index contributed by atoms with van der Waals surface area (Å²) in [5.74, 6) is -0.471. The summed E-state index contributed by atoms with van der Waals surface area (Å²) in [4.78, 5) is 0. The van der Waals surface area contributed by atoms with E-state index in [1.54, 1.807) is 6.92 Å². The summed E-state index contributed by atoms with van der Waals surface area (Å²) >= 11 is 0. The quantitative estimate of drug-likeness (QED) is 0.857. The van der Waals surface area contributed by atoms with E-state index >= 15 is 0 Å². The second-order valence-corrected chi connectivity index (χ2v) is 3.94. The molecular weight excluding hydrogens is 239 g/mol. The molecule has 0 bridgehead atoms. The molecule has 0 spiro atoms. The lowest BCUT2D eigenvalue weighted by molar-refractivity contribution is 0.367. The number of benzene rings is 1. The van der Waals surface area contributed by atoms with Gasteiger partial charge in [0, 0.05) is 11.6 Å². The van der Waals surface area contributed by atoms with E-state index in [1.807, 2.05) is 0 Å². The zero-order valence-electron chi connectivity index (χ0n) is 10.2. The van der Waals surface area contributed by atoms with Gasteiger partial charge in [0.25, 0.3) is 0 Å². The standard InChI is InChI=1S/C12H13FN2O3/c1-5-9(7-4-8(14)18-15-7)11(16)12(17-3)6(2)10(5)13/h4,16H,14H2,1-3H3. The Bertz CT molecular complexity index is 608. The highest BCUT2D eigenvalue weighted by Crippen LogP contribution is 2.43. The number of methoxy groups -OCH3 is 1. The van der Waals surface area contributed by atoms with E-state index in [2.05, 4.69) is 5.16 Å². The lowest BCUT2D eigenvalue weighted by Crippen LogP contribution is -1.98. The molecule has 0 aliphatic carbocycles. The van der Waals surface area contributed by atoms with Gasteiger partial charge in [-0.25, -0.2) is 4.39 Å². The Balaban J connectivity index is 2.78. The molecular formula is C12H13FN2O3. The molecule has 2 rings (SSSR count). The molecule has 0 aliphatic rings. The molecule has 0 atom stereocenters. The largest absolute Gasteiger partial charge is 0.504 e. The topological polar surface area (TPSA) is 81.5 Å². The van der Waals surface area contributed by atoms with Crippen molar-refractivity contribution in [3.63, 3.8) is 0 Å². The van der Waals surface area contributed by atoms with E-state index in [0.717, 1.165) is 0 Å². The predicted molar refractivity (Wildman–Crippen MR) is 64.0 cm³/mol. The van der Waals surface area contributed by atoms with Gasteiger partial charge in [-0.15, -0.1) is 0 Å². The maximum atomic E-state index is 14.0. The van der Waals surface area contributed by atoms with E-state index < -0.39 is 5.82 Å². The van der Waals surface area contributed by atoms with E-state index in [1.165, 1.54) is 20.1 Å². The number of nitrogens with two attached hydrogens (primary N) is 1. The van der Waals surface area contributed by atoms with Crippen LogP contribution in [0.15, 0.2) is 10.6 Å². The second-order valence-electron chi connectivity index (χ2n) is 3.94. The van der Waals surface area contributed by atoms with Crippen LogP contribution in [0.2, 0.25) is 0 Å². The molecule has 3 N–H and O–H groups in total. The second kappa shape index (κ2) is 4.21. The van der Waals surface area contributed by atoms with Crippen LogP contribution in [0, 0.1) is 19.7 Å². The van der Waals surface area contributed by atoms with Crippen molar-refractivity contribution in [2.45, 2.75) is 13.8 Å². The van der Waals surface area contributed by atoms with Crippen LogP contribution in [-0.4, -0.2) is 17.4 Å². The minimum absolute atomic E-state index is 0.0784. The van der Waals surface area contributed by atoms with Crippen molar-refractivity contribution in [2.24, 2.45) is 0 Å². The molecule has 6 heteroatoms. The number of ether oxygens (including phenoxy) is 1. The summed E-state index contributed by atoms with van der Waals surface area (Å²) < 4.78 is 23.8. The van der Waals surface area contributed by atoms with Crippen LogP contribution < -0.4 is 10.5 Å². The van der Waals surface area contributed by atoms with Gasteiger partial charge in [-0.2, -0.15) is 0 Å². The number of rotatable bonds is 2. The van der Waals surface area contributed by atoms with Crippen LogP contribution in [0.1, 0.15) is 11.1 Å². The molecule has 0 fully saturated rings. The molecule has 1 aromatic heterocycles. The molecule has 1 aromatic carbocycles. The van der Waals surface area contributed by atoms with Gasteiger partial charge in [-0.05, 0) is 19.4 Å². The van der Waals surface area contributed by atoms with Crippen molar-refractivity contribution in [2.75, 3.05) is 12.8 Å². The first-order valence-electron chi connectivity index (χ1n) is 5.25. The number of aromatic hydroxyl groups is 1. The van der Waals surface area contributed by atoms with Crippen molar-refractivity contribution in [1.29, 1.82) is 0 Å². The smallest absolute Gasteiger partial charge is 0.222 e. The third kappa shape index (κ3) is 1.66. The van der Waals surface area contributed by atoms with Crippen LogP contribution in [-0.2, 0) is 0 Å². The fraction of sp³-hybridized carbons (Fsp3) is 0.250. The molecule has 0 unspecified atom stereocenters. The summed E-state index contributed by atoms with van der Waals surface area (Å²) in [7, 11) is 1.36. The van der Waals surface area contributed by atoms with Crippen LogP contribution in [0.4, 0.5) is 10.3 Å². The molecule has 2 aromatic rings. The Kier molecular flexibility index (Phi) is 2.86. The lowest BCUT2D eigenvalue weighted by Gasteiger charge is -2.14. The average molecular weight is 252 g/mol. The Labute approximate surface area is 103 Å². The number of halogens is 1. The molecule has 18 heavy (non-hydrogen) atoms. The predicted octanol–water partition coefficient (Wildman–Crippen LogP) is 2.39. The van der Waals surface area contributed by atoms with Gasteiger partial charge in [-0.3, -0.25) is 0 Å².